The maximum Gasteiger partial charge on any atom is 0.253 e. The van der Waals surface area contributed by atoms with Crippen molar-refractivity contribution in [2.45, 2.75) is 0 Å². The predicted molar refractivity (Wildman–Crippen MR) is 97.6 cm³/mol. The molecule has 0 aliphatic rings. The highest BCUT2D eigenvalue weighted by Crippen LogP contribution is 2.22. The molecule has 0 unspecified atom stereocenters. The van der Waals surface area contributed by atoms with E-state index in [4.69, 9.17) is 21.1 Å². The van der Waals surface area contributed by atoms with E-state index < -0.39 is 0 Å². The molecule has 1 amide bonds. The van der Waals surface area contributed by atoms with Crippen molar-refractivity contribution in [3.8, 4) is 11.5 Å². The smallest absolute Gasteiger partial charge is 0.253 e. The molecule has 0 spiro atoms. The maximum absolute atomic E-state index is 12.4. The lowest BCUT2D eigenvalue weighted by molar-refractivity contribution is 0.0948. The van der Waals surface area contributed by atoms with Gasteiger partial charge in [-0.2, -0.15) is 0 Å². The largest absolute Gasteiger partial charge is 0.497 e. The van der Waals surface area contributed by atoms with E-state index in [1.165, 1.54) is 0 Å². The van der Waals surface area contributed by atoms with Crippen molar-refractivity contribution in [2.24, 2.45) is 0 Å². The minimum absolute atomic E-state index is 0.236. The summed E-state index contributed by atoms with van der Waals surface area (Å²) in [6.45, 7) is 0.696. The van der Waals surface area contributed by atoms with E-state index in [0.29, 0.717) is 35.0 Å². The summed E-state index contributed by atoms with van der Waals surface area (Å²) in [5.74, 6) is 1.17. The van der Waals surface area contributed by atoms with Crippen LogP contribution in [-0.2, 0) is 0 Å². The number of carbonyl (C=O) groups is 1. The molecule has 3 rings (SSSR count). The van der Waals surface area contributed by atoms with E-state index >= 15 is 0 Å². The zero-order valence-electron chi connectivity index (χ0n) is 13.7. The van der Waals surface area contributed by atoms with Crippen LogP contribution in [0.2, 0.25) is 5.02 Å². The molecule has 0 saturated carbocycles. The molecule has 0 bridgehead atoms. The van der Waals surface area contributed by atoms with Crippen molar-refractivity contribution in [3.63, 3.8) is 0 Å². The van der Waals surface area contributed by atoms with Gasteiger partial charge in [-0.15, -0.1) is 0 Å². The van der Waals surface area contributed by atoms with Crippen LogP contribution in [0.3, 0.4) is 0 Å². The van der Waals surface area contributed by atoms with Gasteiger partial charge in [0.25, 0.3) is 5.91 Å². The van der Waals surface area contributed by atoms with Gasteiger partial charge in [0, 0.05) is 22.7 Å². The van der Waals surface area contributed by atoms with E-state index in [1.54, 1.807) is 31.5 Å². The fourth-order valence-corrected chi connectivity index (χ4v) is 2.68. The predicted octanol–water partition coefficient (Wildman–Crippen LogP) is 3.71. The Morgan fingerprint density at radius 2 is 2.00 bits per heavy atom. The highest BCUT2D eigenvalue weighted by atomic mass is 35.5. The van der Waals surface area contributed by atoms with E-state index in [0.717, 1.165) is 11.1 Å². The molecular formula is C19H17ClN2O3. The van der Waals surface area contributed by atoms with Gasteiger partial charge in [-0.25, -0.2) is 0 Å². The zero-order valence-corrected chi connectivity index (χ0v) is 14.4. The lowest BCUT2D eigenvalue weighted by Gasteiger charge is -2.10. The van der Waals surface area contributed by atoms with Crippen molar-refractivity contribution in [3.05, 3.63) is 65.3 Å². The second-order valence-corrected chi connectivity index (χ2v) is 5.75. The number of methoxy groups -OCH3 is 1. The molecule has 0 aliphatic heterocycles. The summed E-state index contributed by atoms with van der Waals surface area (Å²) in [5, 5.41) is 4.15. The highest BCUT2D eigenvalue weighted by Gasteiger charge is 2.12. The molecule has 2 aromatic carbocycles. The van der Waals surface area contributed by atoms with Gasteiger partial charge in [0.1, 0.15) is 18.1 Å². The van der Waals surface area contributed by atoms with Crippen LogP contribution in [-0.4, -0.2) is 31.2 Å². The van der Waals surface area contributed by atoms with Gasteiger partial charge in [0.2, 0.25) is 0 Å². The summed E-state index contributed by atoms with van der Waals surface area (Å²) >= 11 is 6.09. The topological polar surface area (TPSA) is 60.5 Å². The third-order valence-corrected chi connectivity index (χ3v) is 3.83. The number of rotatable bonds is 6. The number of pyridine rings is 1. The Morgan fingerprint density at radius 3 is 2.84 bits per heavy atom. The number of hydrogen-bond donors (Lipinski definition) is 1. The fraction of sp³-hybridized carbons (Fsp3) is 0.158. The molecule has 0 atom stereocenters. The molecule has 1 aromatic heterocycles. The minimum Gasteiger partial charge on any atom is -0.497 e. The van der Waals surface area contributed by atoms with Crippen LogP contribution in [0, 0.1) is 0 Å². The molecule has 0 fully saturated rings. The Labute approximate surface area is 150 Å². The molecule has 1 N–H and O–H groups in total. The second-order valence-electron chi connectivity index (χ2n) is 5.31. The first-order chi connectivity index (χ1) is 12.2. The third kappa shape index (κ3) is 4.19. The van der Waals surface area contributed by atoms with Crippen molar-refractivity contribution >= 4 is 28.4 Å². The van der Waals surface area contributed by atoms with E-state index in [9.17, 15) is 4.79 Å². The average molecular weight is 357 g/mol. The van der Waals surface area contributed by atoms with Crippen LogP contribution in [0.25, 0.3) is 10.9 Å². The van der Waals surface area contributed by atoms with E-state index in [1.807, 2.05) is 30.3 Å². The molecule has 0 saturated heterocycles. The molecular weight excluding hydrogens is 340 g/mol. The summed E-state index contributed by atoms with van der Waals surface area (Å²) in [4.78, 5) is 16.7. The first-order valence-corrected chi connectivity index (χ1v) is 8.14. The number of benzene rings is 2. The highest BCUT2D eigenvalue weighted by molar-refractivity contribution is 6.32. The number of halogens is 1. The van der Waals surface area contributed by atoms with Crippen LogP contribution in [0.15, 0.2) is 54.7 Å². The number of fused-ring (bicyclic) bond motifs is 1. The molecule has 0 aliphatic carbocycles. The maximum atomic E-state index is 12.4. The Hall–Kier alpha value is -2.79. The Balaban J connectivity index is 1.61. The Kier molecular flexibility index (Phi) is 5.36. The second kappa shape index (κ2) is 7.85. The van der Waals surface area contributed by atoms with Gasteiger partial charge in [-0.1, -0.05) is 23.7 Å². The van der Waals surface area contributed by atoms with Gasteiger partial charge in [0.05, 0.1) is 24.7 Å². The molecule has 6 heteroatoms. The summed E-state index contributed by atoms with van der Waals surface area (Å²) in [6.07, 6.45) is 1.65. The molecule has 0 radical (unpaired) electrons. The van der Waals surface area contributed by atoms with Gasteiger partial charge >= 0.3 is 0 Å². The zero-order chi connectivity index (χ0) is 17.6. The van der Waals surface area contributed by atoms with Crippen LogP contribution < -0.4 is 14.8 Å². The van der Waals surface area contributed by atoms with Gasteiger partial charge in [-0.3, -0.25) is 9.78 Å². The lowest BCUT2D eigenvalue weighted by atomic mass is 10.1. The minimum atomic E-state index is -0.236. The molecule has 25 heavy (non-hydrogen) atoms. The Morgan fingerprint density at radius 1 is 1.16 bits per heavy atom. The average Bonchev–Trinajstić information content (AvgIpc) is 2.64. The first kappa shape index (κ1) is 17.0. The van der Waals surface area contributed by atoms with Gasteiger partial charge in [0.15, 0.2) is 0 Å². The van der Waals surface area contributed by atoms with Crippen molar-refractivity contribution < 1.29 is 14.3 Å². The van der Waals surface area contributed by atoms with Crippen LogP contribution >= 0.6 is 11.6 Å². The molecule has 1 heterocycles. The van der Waals surface area contributed by atoms with Gasteiger partial charge in [-0.05, 0) is 30.3 Å². The number of nitrogens with zero attached hydrogens (tertiary/aromatic N) is 1. The summed E-state index contributed by atoms with van der Waals surface area (Å²) in [6, 6.07) is 14.4. The number of carbonyl (C=O) groups excluding carboxylic acids is 1. The van der Waals surface area contributed by atoms with E-state index in [2.05, 4.69) is 10.3 Å². The third-order valence-electron chi connectivity index (χ3n) is 3.61. The van der Waals surface area contributed by atoms with Crippen LogP contribution in [0.5, 0.6) is 11.5 Å². The van der Waals surface area contributed by atoms with Crippen molar-refractivity contribution in [1.29, 1.82) is 0 Å². The number of amides is 1. The molecule has 5 nitrogen and oxygen atoms in total. The molecule has 3 aromatic rings. The summed E-state index contributed by atoms with van der Waals surface area (Å²) < 4.78 is 10.7. The molecule has 128 valence electrons. The normalized spacial score (nSPS) is 10.5. The van der Waals surface area contributed by atoms with Gasteiger partial charge < -0.3 is 14.8 Å². The number of aromatic nitrogens is 1. The lowest BCUT2D eigenvalue weighted by Crippen LogP contribution is -2.28. The Bertz CT molecular complexity index is 899. The van der Waals surface area contributed by atoms with Crippen molar-refractivity contribution in [2.75, 3.05) is 20.3 Å². The number of nitrogens with one attached hydrogen (secondary N) is 1. The quantitative estimate of drug-likeness (QED) is 0.684. The SMILES string of the molecule is COc1cccc(OCCNC(=O)c2cc(Cl)cc3cccnc23)c1. The number of ether oxygens (including phenoxy) is 2. The van der Waals surface area contributed by atoms with E-state index in [-0.39, 0.29) is 5.91 Å². The summed E-state index contributed by atoms with van der Waals surface area (Å²) in [7, 11) is 1.60. The monoisotopic (exact) mass is 356 g/mol. The number of hydrogen-bond acceptors (Lipinski definition) is 4. The first-order valence-electron chi connectivity index (χ1n) is 7.77. The summed E-state index contributed by atoms with van der Waals surface area (Å²) in [5.41, 5.74) is 1.07. The van der Waals surface area contributed by atoms with Crippen LogP contribution in [0.1, 0.15) is 10.4 Å². The standard InChI is InChI=1S/C19H17ClN2O3/c1-24-15-5-2-6-16(12-15)25-9-8-22-19(23)17-11-14(20)10-13-4-3-7-21-18(13)17/h2-7,10-12H,8-9H2,1H3,(H,22,23). The van der Waals surface area contributed by atoms with Crippen LogP contribution in [0.4, 0.5) is 0 Å². The van der Waals surface area contributed by atoms with Crippen molar-refractivity contribution in [1.82, 2.24) is 10.3 Å². The fourth-order valence-electron chi connectivity index (χ4n) is 2.45.